The summed E-state index contributed by atoms with van der Waals surface area (Å²) in [6.45, 7) is 7.26. The molecule has 1 N–H and O–H groups in total. The van der Waals surface area contributed by atoms with Crippen molar-refractivity contribution in [3.8, 4) is 0 Å². The third-order valence-corrected chi connectivity index (χ3v) is 3.34. The number of carbonyl (C=O) groups excluding carboxylic acids is 2. The summed E-state index contributed by atoms with van der Waals surface area (Å²) in [5.41, 5.74) is -0.541. The van der Waals surface area contributed by atoms with E-state index in [4.69, 9.17) is 5.11 Å². The molecule has 1 aliphatic rings. The van der Waals surface area contributed by atoms with Gasteiger partial charge in [0.15, 0.2) is 0 Å². The summed E-state index contributed by atoms with van der Waals surface area (Å²) >= 11 is 0. The summed E-state index contributed by atoms with van der Waals surface area (Å²) in [4.78, 5) is 37.4. The van der Waals surface area contributed by atoms with Crippen molar-refractivity contribution in [1.29, 1.82) is 0 Å². The van der Waals surface area contributed by atoms with Crippen LogP contribution in [-0.4, -0.2) is 58.9 Å². The third-order valence-electron chi connectivity index (χ3n) is 3.34. The van der Waals surface area contributed by atoms with Crippen molar-refractivity contribution in [1.82, 2.24) is 9.80 Å². The average molecular weight is 270 g/mol. The molecule has 0 unspecified atom stereocenters. The van der Waals surface area contributed by atoms with Gasteiger partial charge >= 0.3 is 5.97 Å². The van der Waals surface area contributed by atoms with Gasteiger partial charge in [-0.3, -0.25) is 14.4 Å². The first kappa shape index (κ1) is 15.5. The molecule has 6 heteroatoms. The predicted molar refractivity (Wildman–Crippen MR) is 69.5 cm³/mol. The van der Waals surface area contributed by atoms with Crippen LogP contribution < -0.4 is 0 Å². The topological polar surface area (TPSA) is 77.9 Å². The molecule has 1 fully saturated rings. The molecule has 1 aliphatic heterocycles. The summed E-state index contributed by atoms with van der Waals surface area (Å²) in [5, 5.41) is 8.80. The standard InChI is InChI=1S/C13H22N2O4/c1-10(16)14-4-6-15(7-5-14)11(17)8-13(2,3)9-12(18)19/h4-9H2,1-3H3,(H,18,19). The summed E-state index contributed by atoms with van der Waals surface area (Å²) in [5.74, 6) is -0.896. The number of hydrogen-bond donors (Lipinski definition) is 1. The van der Waals surface area contributed by atoms with Gasteiger partial charge in [0.25, 0.3) is 0 Å². The molecule has 0 spiro atoms. The lowest BCUT2D eigenvalue weighted by atomic mass is 9.85. The Labute approximate surface area is 113 Å². The van der Waals surface area contributed by atoms with Crippen LogP contribution in [0.1, 0.15) is 33.6 Å². The largest absolute Gasteiger partial charge is 0.481 e. The van der Waals surface area contributed by atoms with Gasteiger partial charge in [0.1, 0.15) is 0 Å². The molecule has 0 radical (unpaired) electrons. The molecule has 19 heavy (non-hydrogen) atoms. The Morgan fingerprint density at radius 2 is 1.47 bits per heavy atom. The fourth-order valence-corrected chi connectivity index (χ4v) is 2.26. The zero-order valence-corrected chi connectivity index (χ0v) is 11.8. The second-order valence-corrected chi connectivity index (χ2v) is 5.80. The van der Waals surface area contributed by atoms with Gasteiger partial charge in [-0.05, 0) is 5.41 Å². The Kier molecular flexibility index (Phi) is 4.91. The van der Waals surface area contributed by atoms with E-state index in [9.17, 15) is 14.4 Å². The van der Waals surface area contributed by atoms with Gasteiger partial charge in [-0.15, -0.1) is 0 Å². The van der Waals surface area contributed by atoms with Crippen LogP contribution in [0.25, 0.3) is 0 Å². The molecular weight excluding hydrogens is 248 g/mol. The number of carboxylic acid groups (broad SMARTS) is 1. The van der Waals surface area contributed by atoms with Crippen LogP contribution >= 0.6 is 0 Å². The van der Waals surface area contributed by atoms with Crippen LogP contribution in [0.2, 0.25) is 0 Å². The van der Waals surface area contributed by atoms with E-state index in [0.29, 0.717) is 26.2 Å². The molecule has 0 aromatic rings. The van der Waals surface area contributed by atoms with Gasteiger partial charge in [0.05, 0.1) is 6.42 Å². The Morgan fingerprint density at radius 3 is 1.89 bits per heavy atom. The highest BCUT2D eigenvalue weighted by Crippen LogP contribution is 2.26. The highest BCUT2D eigenvalue weighted by molar-refractivity contribution is 5.79. The number of rotatable bonds is 4. The minimum absolute atomic E-state index is 0.0217. The smallest absolute Gasteiger partial charge is 0.303 e. The maximum absolute atomic E-state index is 12.1. The fraction of sp³-hybridized carbons (Fsp3) is 0.769. The highest BCUT2D eigenvalue weighted by Gasteiger charge is 2.29. The molecule has 0 bridgehead atoms. The third kappa shape index (κ3) is 4.89. The Morgan fingerprint density at radius 1 is 1.00 bits per heavy atom. The number of carbonyl (C=O) groups is 3. The quantitative estimate of drug-likeness (QED) is 0.810. The molecule has 0 atom stereocenters. The van der Waals surface area contributed by atoms with Crippen molar-refractivity contribution in [3.63, 3.8) is 0 Å². The first-order valence-corrected chi connectivity index (χ1v) is 6.46. The molecular formula is C13H22N2O4. The van der Waals surface area contributed by atoms with Crippen molar-refractivity contribution in [2.75, 3.05) is 26.2 Å². The maximum atomic E-state index is 12.1. The van der Waals surface area contributed by atoms with Gasteiger partial charge in [0.2, 0.25) is 11.8 Å². The predicted octanol–water partition coefficient (Wildman–Crippen LogP) is 0.568. The lowest BCUT2D eigenvalue weighted by Crippen LogP contribution is -2.50. The SMILES string of the molecule is CC(=O)N1CCN(C(=O)CC(C)(C)CC(=O)O)CC1. The molecule has 0 saturated carbocycles. The lowest BCUT2D eigenvalue weighted by molar-refractivity contribution is -0.143. The van der Waals surface area contributed by atoms with E-state index in [1.807, 2.05) is 0 Å². The van der Waals surface area contributed by atoms with Crippen molar-refractivity contribution in [2.24, 2.45) is 5.41 Å². The molecule has 2 amide bonds. The Hall–Kier alpha value is -1.59. The van der Waals surface area contributed by atoms with E-state index in [2.05, 4.69) is 0 Å². The summed E-state index contributed by atoms with van der Waals surface area (Å²) in [6.07, 6.45) is 0.200. The minimum Gasteiger partial charge on any atom is -0.481 e. The lowest BCUT2D eigenvalue weighted by Gasteiger charge is -2.35. The van der Waals surface area contributed by atoms with Gasteiger partial charge in [-0.25, -0.2) is 0 Å². The molecule has 1 heterocycles. The molecule has 6 nitrogen and oxygen atoms in total. The van der Waals surface area contributed by atoms with Crippen LogP contribution in [0.5, 0.6) is 0 Å². The van der Waals surface area contributed by atoms with Crippen molar-refractivity contribution in [3.05, 3.63) is 0 Å². The summed E-state index contributed by atoms with van der Waals surface area (Å²) in [7, 11) is 0. The average Bonchev–Trinajstić information content (AvgIpc) is 2.26. The van der Waals surface area contributed by atoms with Gasteiger partial charge < -0.3 is 14.9 Å². The summed E-state index contributed by atoms with van der Waals surface area (Å²) < 4.78 is 0. The normalized spacial score (nSPS) is 16.4. The van der Waals surface area contributed by atoms with Gasteiger partial charge in [-0.1, -0.05) is 13.8 Å². The van der Waals surface area contributed by atoms with Crippen LogP contribution in [0.4, 0.5) is 0 Å². The van der Waals surface area contributed by atoms with E-state index in [1.54, 1.807) is 23.6 Å². The van der Waals surface area contributed by atoms with Crippen molar-refractivity contribution >= 4 is 17.8 Å². The van der Waals surface area contributed by atoms with Crippen LogP contribution in [0.3, 0.4) is 0 Å². The second-order valence-electron chi connectivity index (χ2n) is 5.80. The molecule has 0 aromatic carbocycles. The van der Waals surface area contributed by atoms with Gasteiger partial charge in [-0.2, -0.15) is 0 Å². The first-order valence-electron chi connectivity index (χ1n) is 6.46. The molecule has 1 saturated heterocycles. The van der Waals surface area contributed by atoms with Crippen molar-refractivity contribution < 1.29 is 19.5 Å². The number of hydrogen-bond acceptors (Lipinski definition) is 3. The summed E-state index contributed by atoms with van der Waals surface area (Å²) in [6, 6.07) is 0. The van der Waals surface area contributed by atoms with E-state index in [1.165, 1.54) is 6.92 Å². The number of aliphatic carboxylic acids is 1. The number of amides is 2. The van der Waals surface area contributed by atoms with Gasteiger partial charge in [0, 0.05) is 39.5 Å². The first-order chi connectivity index (χ1) is 8.71. The Bertz CT molecular complexity index is 371. The van der Waals surface area contributed by atoms with E-state index < -0.39 is 11.4 Å². The minimum atomic E-state index is -0.890. The molecule has 108 valence electrons. The van der Waals surface area contributed by atoms with Crippen LogP contribution in [0, 0.1) is 5.41 Å². The van der Waals surface area contributed by atoms with Crippen LogP contribution in [-0.2, 0) is 14.4 Å². The number of carboxylic acids is 1. The zero-order chi connectivity index (χ0) is 14.6. The monoisotopic (exact) mass is 270 g/mol. The number of piperazine rings is 1. The zero-order valence-electron chi connectivity index (χ0n) is 11.8. The molecule has 0 aliphatic carbocycles. The van der Waals surface area contributed by atoms with Crippen LogP contribution in [0.15, 0.2) is 0 Å². The maximum Gasteiger partial charge on any atom is 0.303 e. The number of nitrogens with zero attached hydrogens (tertiary/aromatic N) is 2. The van der Waals surface area contributed by atoms with E-state index >= 15 is 0 Å². The second kappa shape index (κ2) is 6.04. The van der Waals surface area contributed by atoms with E-state index in [-0.39, 0.29) is 24.7 Å². The molecule has 0 aromatic heterocycles. The Balaban J connectivity index is 2.47. The van der Waals surface area contributed by atoms with Crippen molar-refractivity contribution in [2.45, 2.75) is 33.6 Å². The highest BCUT2D eigenvalue weighted by atomic mass is 16.4. The fourth-order valence-electron chi connectivity index (χ4n) is 2.26. The van der Waals surface area contributed by atoms with E-state index in [0.717, 1.165) is 0 Å². The molecule has 1 rings (SSSR count).